The lowest BCUT2D eigenvalue weighted by atomic mass is 9.86. The van der Waals surface area contributed by atoms with Crippen LogP contribution in [0.15, 0.2) is 14.1 Å². The highest BCUT2D eigenvalue weighted by Gasteiger charge is 2.28. The van der Waals surface area contributed by atoms with Gasteiger partial charge >= 0.3 is 0 Å². The second-order valence-electron chi connectivity index (χ2n) is 4.27. The van der Waals surface area contributed by atoms with Gasteiger partial charge in [0.15, 0.2) is 0 Å². The van der Waals surface area contributed by atoms with Crippen LogP contribution in [0.3, 0.4) is 0 Å². The molecule has 0 saturated heterocycles. The Kier molecular flexibility index (Phi) is 4.20. The van der Waals surface area contributed by atoms with E-state index < -0.39 is 10.0 Å². The number of nitrogens with zero attached hydrogens (tertiary/aromatic N) is 1. The van der Waals surface area contributed by atoms with Gasteiger partial charge in [0.25, 0.3) is 10.0 Å². The van der Waals surface area contributed by atoms with Crippen molar-refractivity contribution in [3.8, 4) is 0 Å². The third-order valence-corrected chi connectivity index (χ3v) is 7.77. The van der Waals surface area contributed by atoms with Crippen LogP contribution in [0.1, 0.15) is 19.3 Å². The Labute approximate surface area is 119 Å². The van der Waals surface area contributed by atoms with Crippen molar-refractivity contribution in [2.45, 2.75) is 23.5 Å². The van der Waals surface area contributed by atoms with Gasteiger partial charge in [-0.05, 0) is 40.8 Å². The van der Waals surface area contributed by atoms with Crippen molar-refractivity contribution >= 4 is 48.9 Å². The number of halogens is 2. The maximum atomic E-state index is 12.2. The molecule has 0 N–H and O–H groups in total. The van der Waals surface area contributed by atoms with Crippen molar-refractivity contribution < 1.29 is 8.42 Å². The third-order valence-electron chi connectivity index (χ3n) is 3.03. The van der Waals surface area contributed by atoms with Crippen LogP contribution in [0.25, 0.3) is 0 Å². The van der Waals surface area contributed by atoms with E-state index in [0.717, 1.165) is 24.2 Å². The highest BCUT2D eigenvalue weighted by Crippen LogP contribution is 2.36. The molecule has 1 aromatic rings. The summed E-state index contributed by atoms with van der Waals surface area (Å²) in [4.78, 5) is 0. The minimum absolute atomic E-state index is 0.302. The van der Waals surface area contributed by atoms with Gasteiger partial charge in [-0.1, -0.05) is 18.0 Å². The second-order valence-corrected chi connectivity index (χ2v) is 9.32. The van der Waals surface area contributed by atoms with Gasteiger partial charge in [-0.25, -0.2) is 8.42 Å². The Morgan fingerprint density at radius 3 is 2.65 bits per heavy atom. The maximum Gasteiger partial charge on any atom is 0.252 e. The van der Waals surface area contributed by atoms with Gasteiger partial charge in [-0.15, -0.1) is 11.3 Å². The molecule has 1 aliphatic rings. The zero-order valence-electron chi connectivity index (χ0n) is 9.32. The standard InChI is InChI=1S/C10H13BrClNO2S2/c1-13(6-7-3-2-4-7)17(14,15)9-5-8(12)10(11)16-9/h5,7H,2-4,6H2,1H3. The largest absolute Gasteiger partial charge is 0.252 e. The number of thiophene rings is 1. The topological polar surface area (TPSA) is 37.4 Å². The van der Waals surface area contributed by atoms with Gasteiger partial charge in [0.2, 0.25) is 0 Å². The predicted octanol–water partition coefficient (Wildman–Crippen LogP) is 3.58. The van der Waals surface area contributed by atoms with E-state index in [1.807, 2.05) is 0 Å². The molecule has 0 bridgehead atoms. The van der Waals surface area contributed by atoms with E-state index in [0.29, 0.717) is 25.5 Å². The zero-order valence-corrected chi connectivity index (χ0v) is 13.3. The van der Waals surface area contributed by atoms with Crippen molar-refractivity contribution in [2.24, 2.45) is 5.92 Å². The van der Waals surface area contributed by atoms with Gasteiger partial charge in [0.1, 0.15) is 4.21 Å². The van der Waals surface area contributed by atoms with E-state index in [-0.39, 0.29) is 0 Å². The fourth-order valence-electron chi connectivity index (χ4n) is 1.74. The molecule has 1 fully saturated rings. The van der Waals surface area contributed by atoms with Crippen molar-refractivity contribution in [3.63, 3.8) is 0 Å². The molecule has 1 saturated carbocycles. The first kappa shape index (κ1) is 13.8. The lowest BCUT2D eigenvalue weighted by molar-refractivity contribution is 0.263. The molecule has 0 spiro atoms. The molecule has 2 rings (SSSR count). The van der Waals surface area contributed by atoms with Crippen LogP contribution >= 0.6 is 38.9 Å². The molecular formula is C10H13BrClNO2S2. The van der Waals surface area contributed by atoms with Gasteiger partial charge in [-0.3, -0.25) is 0 Å². The number of hydrogen-bond donors (Lipinski definition) is 0. The molecule has 7 heteroatoms. The normalized spacial score (nSPS) is 17.4. The summed E-state index contributed by atoms with van der Waals surface area (Å²) in [5, 5.41) is 0.450. The van der Waals surface area contributed by atoms with Gasteiger partial charge in [0.05, 0.1) is 8.81 Å². The molecular weight excluding hydrogens is 346 g/mol. The van der Waals surface area contributed by atoms with E-state index in [1.54, 1.807) is 7.05 Å². The molecule has 96 valence electrons. The fraction of sp³-hybridized carbons (Fsp3) is 0.600. The number of rotatable bonds is 4. The van der Waals surface area contributed by atoms with Crippen LogP contribution in [0.2, 0.25) is 5.02 Å². The maximum absolute atomic E-state index is 12.2. The number of sulfonamides is 1. The molecule has 1 aliphatic carbocycles. The Bertz CT molecular complexity index is 491. The summed E-state index contributed by atoms with van der Waals surface area (Å²) in [6.07, 6.45) is 3.48. The Hall–Kier alpha value is 0.380. The molecule has 17 heavy (non-hydrogen) atoms. The second kappa shape index (κ2) is 5.17. The van der Waals surface area contributed by atoms with Crippen molar-refractivity contribution in [1.29, 1.82) is 0 Å². The smallest absolute Gasteiger partial charge is 0.206 e. The van der Waals surface area contributed by atoms with Crippen molar-refractivity contribution in [3.05, 3.63) is 14.9 Å². The molecule has 0 unspecified atom stereocenters. The van der Waals surface area contributed by atoms with Crippen LogP contribution in [-0.2, 0) is 10.0 Å². The fourth-order valence-corrected chi connectivity index (χ4v) is 5.60. The average molecular weight is 359 g/mol. The van der Waals surface area contributed by atoms with E-state index >= 15 is 0 Å². The summed E-state index contributed by atoms with van der Waals surface area (Å²) in [6, 6.07) is 1.50. The summed E-state index contributed by atoms with van der Waals surface area (Å²) >= 11 is 10.3. The van der Waals surface area contributed by atoms with Gasteiger partial charge in [-0.2, -0.15) is 4.31 Å². The number of hydrogen-bond acceptors (Lipinski definition) is 3. The summed E-state index contributed by atoms with van der Waals surface area (Å²) < 4.78 is 26.9. The summed E-state index contributed by atoms with van der Waals surface area (Å²) in [5.41, 5.74) is 0. The Morgan fingerprint density at radius 1 is 1.59 bits per heavy atom. The Morgan fingerprint density at radius 2 is 2.24 bits per heavy atom. The van der Waals surface area contributed by atoms with Gasteiger partial charge in [0, 0.05) is 13.6 Å². The summed E-state index contributed by atoms with van der Waals surface area (Å²) in [6.45, 7) is 0.607. The lowest BCUT2D eigenvalue weighted by Crippen LogP contribution is -2.33. The van der Waals surface area contributed by atoms with E-state index in [1.165, 1.54) is 16.8 Å². The average Bonchev–Trinajstić information content (AvgIpc) is 2.53. The molecule has 0 aliphatic heterocycles. The van der Waals surface area contributed by atoms with Crippen LogP contribution in [0, 0.1) is 5.92 Å². The molecule has 3 nitrogen and oxygen atoms in total. The monoisotopic (exact) mass is 357 g/mol. The van der Waals surface area contributed by atoms with E-state index in [9.17, 15) is 8.42 Å². The molecule has 1 aromatic heterocycles. The lowest BCUT2D eigenvalue weighted by Gasteiger charge is -2.29. The molecule has 0 atom stereocenters. The summed E-state index contributed by atoms with van der Waals surface area (Å²) in [5.74, 6) is 0.522. The van der Waals surface area contributed by atoms with Crippen LogP contribution in [-0.4, -0.2) is 26.3 Å². The minimum Gasteiger partial charge on any atom is -0.206 e. The molecule has 0 radical (unpaired) electrons. The zero-order chi connectivity index (χ0) is 12.6. The summed E-state index contributed by atoms with van der Waals surface area (Å²) in [7, 11) is -1.74. The van der Waals surface area contributed by atoms with Crippen molar-refractivity contribution in [2.75, 3.05) is 13.6 Å². The highest BCUT2D eigenvalue weighted by atomic mass is 79.9. The quantitative estimate of drug-likeness (QED) is 0.825. The highest BCUT2D eigenvalue weighted by molar-refractivity contribution is 9.11. The van der Waals surface area contributed by atoms with E-state index in [4.69, 9.17) is 11.6 Å². The van der Waals surface area contributed by atoms with E-state index in [2.05, 4.69) is 15.9 Å². The van der Waals surface area contributed by atoms with Crippen LogP contribution < -0.4 is 0 Å². The van der Waals surface area contributed by atoms with Crippen molar-refractivity contribution in [1.82, 2.24) is 4.31 Å². The minimum atomic E-state index is -3.37. The third kappa shape index (κ3) is 2.87. The predicted molar refractivity (Wildman–Crippen MR) is 74.2 cm³/mol. The first-order valence-electron chi connectivity index (χ1n) is 5.32. The first-order valence-corrected chi connectivity index (χ1v) is 8.75. The van der Waals surface area contributed by atoms with Crippen LogP contribution in [0.5, 0.6) is 0 Å². The SMILES string of the molecule is CN(CC1CCC1)S(=O)(=O)c1cc(Cl)c(Br)s1. The molecule has 0 aromatic carbocycles. The first-order chi connectivity index (χ1) is 7.91. The molecule has 1 heterocycles. The van der Waals surface area contributed by atoms with Crippen LogP contribution in [0.4, 0.5) is 0 Å². The van der Waals surface area contributed by atoms with Gasteiger partial charge < -0.3 is 0 Å². The Balaban J connectivity index is 2.16. The molecule has 0 amide bonds.